The second kappa shape index (κ2) is 10.6. The van der Waals surface area contributed by atoms with Crippen LogP contribution >= 0.6 is 27.7 Å². The molecule has 1 fully saturated rings. The Kier molecular flexibility index (Phi) is 7.18. The van der Waals surface area contributed by atoms with Crippen LogP contribution < -0.4 is 4.90 Å². The molecule has 0 amide bonds. The molecule has 2 aliphatic heterocycles. The molecule has 0 N–H and O–H groups in total. The minimum absolute atomic E-state index is 0.478. The van der Waals surface area contributed by atoms with E-state index in [-0.39, 0.29) is 0 Å². The van der Waals surface area contributed by atoms with Gasteiger partial charge in [-0.3, -0.25) is 4.90 Å². The predicted molar refractivity (Wildman–Crippen MR) is 159 cm³/mol. The van der Waals surface area contributed by atoms with Gasteiger partial charge in [0.1, 0.15) is 5.60 Å². The highest BCUT2D eigenvalue weighted by atomic mass is 79.9. The van der Waals surface area contributed by atoms with Crippen molar-refractivity contribution in [3.63, 3.8) is 0 Å². The minimum atomic E-state index is -0.596. The maximum atomic E-state index is 12.8. The maximum Gasteiger partial charge on any atom is 0.435 e. The van der Waals surface area contributed by atoms with Crippen LogP contribution in [0, 0.1) is 0 Å². The number of carbonyl (C=O) groups excluding carboxylic acids is 1. The van der Waals surface area contributed by atoms with E-state index in [2.05, 4.69) is 73.3 Å². The Bertz CT molecular complexity index is 1540. The van der Waals surface area contributed by atoms with Gasteiger partial charge in [-0.25, -0.2) is 4.79 Å². The Hall–Kier alpha value is -2.85. The van der Waals surface area contributed by atoms with Gasteiger partial charge in [0.15, 0.2) is 0 Å². The summed E-state index contributed by atoms with van der Waals surface area (Å²) in [5.41, 5.74) is 4.70. The number of morpholine rings is 1. The van der Waals surface area contributed by atoms with Crippen LogP contribution in [-0.4, -0.2) is 65.8 Å². The lowest BCUT2D eigenvalue weighted by molar-refractivity contribution is 0.0394. The van der Waals surface area contributed by atoms with Crippen LogP contribution in [0.25, 0.3) is 22.0 Å². The topological polar surface area (TPSA) is 59.8 Å². The van der Waals surface area contributed by atoms with Gasteiger partial charge in [-0.2, -0.15) is 9.78 Å². The van der Waals surface area contributed by atoms with Gasteiger partial charge in [-0.15, -0.1) is 0 Å². The van der Waals surface area contributed by atoms with Gasteiger partial charge in [0.2, 0.25) is 0 Å². The highest BCUT2D eigenvalue weighted by Gasteiger charge is 2.26. The number of fused-ring (bicyclic) bond motifs is 3. The number of hydrogen-bond acceptors (Lipinski definition) is 7. The Labute approximate surface area is 241 Å². The van der Waals surface area contributed by atoms with Crippen molar-refractivity contribution in [3.8, 4) is 11.1 Å². The summed E-state index contributed by atoms with van der Waals surface area (Å²) in [5, 5.41) is 5.30. The number of hydrogen-bond donors (Lipinski definition) is 0. The van der Waals surface area contributed by atoms with Crippen LogP contribution in [-0.2, 0) is 9.47 Å². The number of anilines is 2. The molecular formula is C30H31BrN4O3S. The van der Waals surface area contributed by atoms with E-state index in [0.29, 0.717) is 0 Å². The third-order valence-corrected chi connectivity index (χ3v) is 8.50. The number of ether oxygens (including phenoxy) is 2. The van der Waals surface area contributed by atoms with Crippen LogP contribution in [0.5, 0.6) is 0 Å². The molecule has 0 spiro atoms. The second-order valence-corrected chi connectivity index (χ2v) is 12.8. The first-order chi connectivity index (χ1) is 18.8. The summed E-state index contributed by atoms with van der Waals surface area (Å²) < 4.78 is 13.5. The zero-order chi connectivity index (χ0) is 27.1. The minimum Gasteiger partial charge on any atom is -0.442 e. The molecule has 4 aromatic rings. The summed E-state index contributed by atoms with van der Waals surface area (Å²) in [5.74, 6) is 0. The van der Waals surface area contributed by atoms with Crippen LogP contribution in [0.3, 0.4) is 0 Å². The van der Waals surface area contributed by atoms with Crippen molar-refractivity contribution in [2.24, 2.45) is 0 Å². The van der Waals surface area contributed by atoms with E-state index < -0.39 is 11.7 Å². The zero-order valence-corrected chi connectivity index (χ0v) is 24.7. The highest BCUT2D eigenvalue weighted by Crippen LogP contribution is 2.50. The molecule has 202 valence electrons. The van der Waals surface area contributed by atoms with Gasteiger partial charge in [0.25, 0.3) is 0 Å². The van der Waals surface area contributed by atoms with Crippen LogP contribution in [0.2, 0.25) is 0 Å². The van der Waals surface area contributed by atoms with Crippen molar-refractivity contribution in [3.05, 3.63) is 65.3 Å². The summed E-state index contributed by atoms with van der Waals surface area (Å²) in [7, 11) is 0. The molecule has 6 rings (SSSR count). The molecule has 0 bridgehead atoms. The lowest BCUT2D eigenvalue weighted by atomic mass is 10.0. The molecule has 1 aromatic heterocycles. The summed E-state index contributed by atoms with van der Waals surface area (Å²) in [6, 6.07) is 19.1. The average molecular weight is 608 g/mol. The monoisotopic (exact) mass is 606 g/mol. The van der Waals surface area contributed by atoms with Crippen LogP contribution in [0.15, 0.2) is 75.1 Å². The Morgan fingerprint density at radius 2 is 1.77 bits per heavy atom. The molecule has 9 heteroatoms. The molecule has 0 radical (unpaired) electrons. The number of carbonyl (C=O) groups is 1. The largest absolute Gasteiger partial charge is 0.442 e. The van der Waals surface area contributed by atoms with E-state index in [1.807, 2.05) is 32.9 Å². The fraction of sp³-hybridized carbons (Fsp3) is 0.333. The van der Waals surface area contributed by atoms with Crippen LogP contribution in [0.1, 0.15) is 20.8 Å². The molecule has 2 aliphatic rings. The summed E-state index contributed by atoms with van der Waals surface area (Å²) in [6.45, 7) is 11.0. The number of rotatable bonds is 4. The predicted octanol–water partition coefficient (Wildman–Crippen LogP) is 7.18. The van der Waals surface area contributed by atoms with Gasteiger partial charge >= 0.3 is 6.09 Å². The molecule has 0 unspecified atom stereocenters. The normalized spacial score (nSPS) is 15.7. The van der Waals surface area contributed by atoms with E-state index in [1.165, 1.54) is 25.8 Å². The van der Waals surface area contributed by atoms with Gasteiger partial charge in [0, 0.05) is 45.8 Å². The average Bonchev–Trinajstić information content (AvgIpc) is 3.35. The number of benzene rings is 3. The van der Waals surface area contributed by atoms with Gasteiger partial charge < -0.3 is 14.4 Å². The van der Waals surface area contributed by atoms with Gasteiger partial charge in [-0.05, 0) is 68.3 Å². The van der Waals surface area contributed by atoms with E-state index in [4.69, 9.17) is 9.47 Å². The third kappa shape index (κ3) is 5.45. The molecular weight excluding hydrogens is 576 g/mol. The fourth-order valence-electron chi connectivity index (χ4n) is 5.09. The smallest absolute Gasteiger partial charge is 0.435 e. The quantitative estimate of drug-likeness (QED) is 0.244. The Morgan fingerprint density at radius 1 is 1.03 bits per heavy atom. The van der Waals surface area contributed by atoms with E-state index in [9.17, 15) is 4.79 Å². The standard InChI is InChI=1S/C30H31BrN4O3S/c1-30(2,3)38-29(36)35-24-6-4-5-22(23(24)19-32-35)20-7-9-25-27(17-20)39-28-18-21(31)8-10-26(28)34(25)12-11-33-13-15-37-16-14-33/h4-10,17-19H,11-16H2,1-3H3. The summed E-state index contributed by atoms with van der Waals surface area (Å²) >= 11 is 5.45. The Balaban J connectivity index is 1.35. The number of halogens is 1. The van der Waals surface area contributed by atoms with Crippen LogP contribution in [0.4, 0.5) is 16.2 Å². The van der Waals surface area contributed by atoms with Crippen molar-refractivity contribution in [1.82, 2.24) is 14.7 Å². The molecule has 0 atom stereocenters. The number of nitrogens with zero attached hydrogens (tertiary/aromatic N) is 4. The van der Waals surface area contributed by atoms with Crippen molar-refractivity contribution >= 4 is 56.1 Å². The Morgan fingerprint density at radius 3 is 2.54 bits per heavy atom. The van der Waals surface area contributed by atoms with E-state index in [1.54, 1.807) is 18.0 Å². The van der Waals surface area contributed by atoms with Gasteiger partial charge in [-0.1, -0.05) is 45.9 Å². The number of aromatic nitrogens is 2. The molecule has 1 saturated heterocycles. The fourth-order valence-corrected chi connectivity index (χ4v) is 6.77. The first-order valence-electron chi connectivity index (χ1n) is 13.2. The molecule has 3 aromatic carbocycles. The molecule has 39 heavy (non-hydrogen) atoms. The van der Waals surface area contributed by atoms with E-state index >= 15 is 0 Å². The maximum absolute atomic E-state index is 12.8. The third-order valence-electron chi connectivity index (χ3n) is 6.92. The lowest BCUT2D eigenvalue weighted by Crippen LogP contribution is -2.41. The van der Waals surface area contributed by atoms with Gasteiger partial charge in [0.05, 0.1) is 36.3 Å². The van der Waals surface area contributed by atoms with Crippen molar-refractivity contribution < 1.29 is 14.3 Å². The van der Waals surface area contributed by atoms with Crippen molar-refractivity contribution in [2.45, 2.75) is 36.2 Å². The van der Waals surface area contributed by atoms with Crippen molar-refractivity contribution in [1.29, 1.82) is 0 Å². The molecule has 0 aliphatic carbocycles. The molecule has 3 heterocycles. The SMILES string of the molecule is CC(C)(C)OC(=O)n1ncc2c(-c3ccc4c(c3)Sc3cc(Br)ccc3N4CCN3CCOCC3)cccc21. The summed E-state index contributed by atoms with van der Waals surface area (Å²) in [4.78, 5) is 20.1. The highest BCUT2D eigenvalue weighted by molar-refractivity contribution is 9.10. The second-order valence-electron chi connectivity index (χ2n) is 10.8. The molecule has 0 saturated carbocycles. The van der Waals surface area contributed by atoms with E-state index in [0.717, 1.165) is 65.9 Å². The zero-order valence-electron chi connectivity index (χ0n) is 22.3. The first kappa shape index (κ1) is 26.4. The summed E-state index contributed by atoms with van der Waals surface area (Å²) in [6.07, 6.45) is 1.27. The molecule has 7 nitrogen and oxygen atoms in total. The first-order valence-corrected chi connectivity index (χ1v) is 14.8. The lowest BCUT2D eigenvalue weighted by Gasteiger charge is -2.35. The van der Waals surface area contributed by atoms with Crippen molar-refractivity contribution in [2.75, 3.05) is 44.3 Å².